The molecule has 0 bridgehead atoms. The highest BCUT2D eigenvalue weighted by molar-refractivity contribution is 7.85. The zero-order chi connectivity index (χ0) is 37.6. The molecule has 0 aromatic heterocycles. The predicted molar refractivity (Wildman–Crippen MR) is 238 cm³/mol. The van der Waals surface area contributed by atoms with Crippen LogP contribution in [0.15, 0.2) is 211 Å². The highest BCUT2D eigenvalue weighted by atomic mass is 31.2. The first-order chi connectivity index (χ1) is 26.9. The van der Waals surface area contributed by atoms with Gasteiger partial charge in [-0.15, -0.1) is 5.73 Å². The molecule has 1 aliphatic carbocycles. The third-order valence-corrected chi connectivity index (χ3v) is 16.6. The van der Waals surface area contributed by atoms with E-state index in [0.717, 1.165) is 70.4 Å². The number of fused-ring (bicyclic) bond motifs is 4. The first-order valence-electron chi connectivity index (χ1n) is 18.6. The van der Waals surface area contributed by atoms with Crippen molar-refractivity contribution in [2.24, 2.45) is 0 Å². The smallest absolute Gasteiger partial charge is 0.171 e. The van der Waals surface area contributed by atoms with Gasteiger partial charge in [0, 0.05) is 32.3 Å². The normalized spacial score (nSPS) is 14.5. The summed E-state index contributed by atoms with van der Waals surface area (Å²) in [6, 6.07) is 53.6. The summed E-state index contributed by atoms with van der Waals surface area (Å²) < 4.78 is 33.1. The zero-order valence-electron chi connectivity index (χ0n) is 30.5. The topological polar surface area (TPSA) is 34.1 Å². The third kappa shape index (κ3) is 5.92. The summed E-state index contributed by atoms with van der Waals surface area (Å²) in [5.41, 5.74) is 5.98. The van der Waals surface area contributed by atoms with Crippen LogP contribution in [0.3, 0.4) is 0 Å². The van der Waals surface area contributed by atoms with Gasteiger partial charge in [-0.25, -0.2) is 0 Å². The van der Waals surface area contributed by atoms with Crippen LogP contribution in [0.1, 0.15) is 13.3 Å². The molecular weight excluding hydrogens is 707 g/mol. The van der Waals surface area contributed by atoms with E-state index in [4.69, 9.17) is 0 Å². The van der Waals surface area contributed by atoms with E-state index in [9.17, 15) is 0 Å². The van der Waals surface area contributed by atoms with Gasteiger partial charge in [0.1, 0.15) is 0 Å². The average molecular weight is 745 g/mol. The molecule has 1 aliphatic rings. The monoisotopic (exact) mass is 744 g/mol. The minimum absolute atomic E-state index is 0.606. The first-order valence-corrected chi connectivity index (χ1v) is 22.1. The molecule has 0 fully saturated rings. The van der Waals surface area contributed by atoms with Gasteiger partial charge in [-0.1, -0.05) is 158 Å². The minimum atomic E-state index is -3.67. The Morgan fingerprint density at radius 1 is 0.545 bits per heavy atom. The lowest BCUT2D eigenvalue weighted by Crippen LogP contribution is -2.27. The van der Waals surface area contributed by atoms with E-state index in [-0.39, 0.29) is 0 Å². The summed E-state index contributed by atoms with van der Waals surface area (Å²) in [6.45, 7) is 6.08. The molecule has 0 saturated carbocycles. The van der Waals surface area contributed by atoms with Crippen molar-refractivity contribution in [3.05, 3.63) is 211 Å². The highest BCUT2D eigenvalue weighted by Gasteiger charge is 2.37. The summed E-state index contributed by atoms with van der Waals surface area (Å²) in [7, 11) is -7.16. The van der Waals surface area contributed by atoms with Crippen LogP contribution >= 0.6 is 14.3 Å². The van der Waals surface area contributed by atoms with Gasteiger partial charge in [-0.2, -0.15) is 0 Å². The maximum Gasteiger partial charge on any atom is 0.171 e. The van der Waals surface area contributed by atoms with Crippen molar-refractivity contribution >= 4 is 78.6 Å². The summed E-state index contributed by atoms with van der Waals surface area (Å²) in [6.07, 6.45) is 8.28. The van der Waals surface area contributed by atoms with Crippen molar-refractivity contribution in [2.75, 3.05) is 0 Å². The Bertz CT molecular complexity index is 3020. The van der Waals surface area contributed by atoms with E-state index in [2.05, 4.69) is 103 Å². The fraction of sp³-hybridized carbons (Fsp3) is 0.0392. The Morgan fingerprint density at radius 3 is 1.58 bits per heavy atom. The molecular formula is C51H38O2P2. The van der Waals surface area contributed by atoms with E-state index in [1.165, 1.54) is 0 Å². The van der Waals surface area contributed by atoms with E-state index in [1.54, 1.807) is 0 Å². The molecule has 0 aliphatic heterocycles. The van der Waals surface area contributed by atoms with Crippen molar-refractivity contribution in [1.29, 1.82) is 0 Å². The Hall–Kier alpha value is -6.00. The summed E-state index contributed by atoms with van der Waals surface area (Å²) >= 11 is 0. The summed E-state index contributed by atoms with van der Waals surface area (Å²) in [5.74, 6) is 1.84. The molecule has 0 saturated heterocycles. The van der Waals surface area contributed by atoms with E-state index >= 15 is 9.13 Å². The lowest BCUT2D eigenvalue weighted by Gasteiger charge is -2.28. The second kappa shape index (κ2) is 14.0. The predicted octanol–water partition coefficient (Wildman–Crippen LogP) is 12.7. The maximum absolute atomic E-state index is 17.0. The Labute approximate surface area is 321 Å². The van der Waals surface area contributed by atoms with Crippen LogP contribution in [-0.4, -0.2) is 0 Å². The van der Waals surface area contributed by atoms with Crippen LogP contribution in [0.5, 0.6) is 0 Å². The standard InChI is InChI=1S/C51H38O2P2/c1-3-33-54(52,43-20-12-13-36(2)23-28-43)48-31-26-39-16-8-10-21-46(39)50(48)51-47-22-11-9-17-40(47)27-32-49(51)55(53,44-29-24-37-14-4-6-18-41(37)34-44)45-30-25-38-15-5-7-19-42(38)35-45/h3-12,14-19,21-35H,2,13H2,1H3/b33-3+. The van der Waals surface area contributed by atoms with Crippen LogP contribution in [0, 0.1) is 0 Å². The Balaban J connectivity index is 1.46. The van der Waals surface area contributed by atoms with Gasteiger partial charge >= 0.3 is 0 Å². The molecule has 55 heavy (non-hydrogen) atoms. The molecule has 1 atom stereocenters. The van der Waals surface area contributed by atoms with Crippen molar-refractivity contribution in [2.45, 2.75) is 13.3 Å². The number of benzene rings is 8. The quantitative estimate of drug-likeness (QED) is 0.120. The van der Waals surface area contributed by atoms with Gasteiger partial charge in [-0.05, 0) is 98.7 Å². The maximum atomic E-state index is 17.0. The molecule has 4 heteroatoms. The number of hydrogen-bond acceptors (Lipinski definition) is 2. The third-order valence-electron chi connectivity index (χ3n) is 10.8. The van der Waals surface area contributed by atoms with Crippen molar-refractivity contribution < 1.29 is 9.13 Å². The minimum Gasteiger partial charge on any atom is -0.309 e. The molecule has 264 valence electrons. The van der Waals surface area contributed by atoms with Crippen LogP contribution in [0.2, 0.25) is 0 Å². The largest absolute Gasteiger partial charge is 0.309 e. The Kier molecular flexibility index (Phi) is 8.85. The van der Waals surface area contributed by atoms with Gasteiger partial charge in [0.2, 0.25) is 0 Å². The molecule has 0 amide bonds. The fourth-order valence-electron chi connectivity index (χ4n) is 8.06. The van der Waals surface area contributed by atoms with Crippen molar-refractivity contribution in [3.63, 3.8) is 0 Å². The van der Waals surface area contributed by atoms with Crippen molar-refractivity contribution in [1.82, 2.24) is 0 Å². The van der Waals surface area contributed by atoms with E-state index in [1.807, 2.05) is 104 Å². The lowest BCUT2D eigenvalue weighted by atomic mass is 9.93. The van der Waals surface area contributed by atoms with Gasteiger partial charge < -0.3 is 9.13 Å². The molecule has 2 nitrogen and oxygen atoms in total. The lowest BCUT2D eigenvalue weighted by molar-refractivity contribution is 0.590. The Morgan fingerprint density at radius 2 is 1.02 bits per heavy atom. The second-order valence-corrected chi connectivity index (χ2v) is 19.4. The molecule has 1 unspecified atom stereocenters. The average Bonchev–Trinajstić information content (AvgIpc) is 3.46. The molecule has 9 rings (SSSR count). The van der Waals surface area contributed by atoms with E-state index < -0.39 is 14.3 Å². The van der Waals surface area contributed by atoms with Gasteiger partial charge in [0.15, 0.2) is 14.3 Å². The molecule has 0 radical (unpaired) electrons. The van der Waals surface area contributed by atoms with Crippen LogP contribution in [-0.2, 0) is 9.13 Å². The zero-order valence-corrected chi connectivity index (χ0v) is 32.3. The van der Waals surface area contributed by atoms with Gasteiger partial charge in [-0.3, -0.25) is 0 Å². The highest BCUT2D eigenvalue weighted by Crippen LogP contribution is 2.58. The van der Waals surface area contributed by atoms with Gasteiger partial charge in [0.25, 0.3) is 0 Å². The van der Waals surface area contributed by atoms with Gasteiger partial charge in [0.05, 0.1) is 5.31 Å². The van der Waals surface area contributed by atoms with Crippen LogP contribution in [0.4, 0.5) is 0 Å². The molecule has 0 heterocycles. The molecule has 8 aromatic carbocycles. The van der Waals surface area contributed by atoms with Crippen LogP contribution in [0.25, 0.3) is 54.2 Å². The fourth-order valence-corrected chi connectivity index (χ4v) is 13.4. The summed E-state index contributed by atoms with van der Waals surface area (Å²) in [4.78, 5) is 0. The van der Waals surface area contributed by atoms with E-state index in [0.29, 0.717) is 22.3 Å². The number of hydrogen-bond donors (Lipinski definition) is 0. The van der Waals surface area contributed by atoms with Crippen LogP contribution < -0.4 is 21.2 Å². The second-order valence-electron chi connectivity index (χ2n) is 14.1. The SMILES string of the molecule is C=C1C=CC(P(=O)(/C=C/C)c2ccc3ccccc3c2-c2c(P(=O)(c3ccc4ccccc4c3)c3ccc4ccccc4c3)ccc3ccccc23)=C=CC1. The summed E-state index contributed by atoms with van der Waals surface area (Å²) in [5, 5.41) is 11.6. The molecule has 0 N–H and O–H groups in total. The van der Waals surface area contributed by atoms with Crippen molar-refractivity contribution in [3.8, 4) is 11.1 Å². The first kappa shape index (κ1) is 34.7. The molecule has 8 aromatic rings. The molecule has 0 spiro atoms. The number of rotatable bonds is 7. The number of allylic oxidation sites excluding steroid dienone is 5.